The Balaban J connectivity index is 1.87. The molecule has 2 heterocycles. The number of nitrogens with zero attached hydrogens (tertiary/aromatic N) is 2. The number of aliphatic hydroxyl groups excluding tert-OH is 1. The molecule has 6 nitrogen and oxygen atoms in total. The van der Waals surface area contributed by atoms with E-state index in [9.17, 15) is 14.7 Å². The van der Waals surface area contributed by atoms with Gasteiger partial charge in [0.15, 0.2) is 5.58 Å². The van der Waals surface area contributed by atoms with Crippen LogP contribution in [0.4, 0.5) is 0 Å². The van der Waals surface area contributed by atoms with E-state index in [4.69, 9.17) is 4.42 Å². The van der Waals surface area contributed by atoms with E-state index in [1.807, 2.05) is 0 Å². The smallest absolute Gasteiger partial charge is 0.408 e. The molecule has 1 saturated heterocycles. The van der Waals surface area contributed by atoms with Crippen molar-refractivity contribution >= 4 is 17.0 Å². The van der Waals surface area contributed by atoms with Gasteiger partial charge in [0.2, 0.25) is 5.91 Å². The summed E-state index contributed by atoms with van der Waals surface area (Å²) < 4.78 is 6.39. The van der Waals surface area contributed by atoms with E-state index < -0.39 is 11.9 Å². The lowest BCUT2D eigenvalue weighted by Crippen LogP contribution is -2.34. The Morgan fingerprint density at radius 3 is 2.95 bits per heavy atom. The van der Waals surface area contributed by atoms with Gasteiger partial charge in [0, 0.05) is 13.1 Å². The Morgan fingerprint density at radius 1 is 1.42 bits per heavy atom. The van der Waals surface area contributed by atoms with Crippen LogP contribution in [-0.4, -0.2) is 39.7 Å². The van der Waals surface area contributed by atoms with E-state index >= 15 is 0 Å². The summed E-state index contributed by atoms with van der Waals surface area (Å²) >= 11 is 0. The molecule has 0 saturated carbocycles. The maximum absolute atomic E-state index is 12.1. The van der Waals surface area contributed by atoms with Crippen molar-refractivity contribution in [3.63, 3.8) is 0 Å². The Bertz CT molecular complexity index is 673. The average molecular weight is 262 g/mol. The van der Waals surface area contributed by atoms with Crippen LogP contribution in [0.25, 0.3) is 11.1 Å². The third-order valence-corrected chi connectivity index (χ3v) is 3.38. The molecule has 1 N–H and O–H groups in total. The zero-order valence-electron chi connectivity index (χ0n) is 10.3. The predicted molar refractivity (Wildman–Crippen MR) is 67.7 cm³/mol. The van der Waals surface area contributed by atoms with Gasteiger partial charge < -0.3 is 14.4 Å². The van der Waals surface area contributed by atoms with E-state index in [2.05, 4.69) is 0 Å². The summed E-state index contributed by atoms with van der Waals surface area (Å²) in [6.07, 6.45) is 0.133. The molecule has 0 bridgehead atoms. The van der Waals surface area contributed by atoms with Crippen LogP contribution in [0.5, 0.6) is 0 Å². The summed E-state index contributed by atoms with van der Waals surface area (Å²) in [4.78, 5) is 25.4. The molecule has 2 aromatic rings. The van der Waals surface area contributed by atoms with Gasteiger partial charge in [-0.3, -0.25) is 9.36 Å². The minimum atomic E-state index is -0.533. The molecule has 1 unspecified atom stereocenters. The van der Waals surface area contributed by atoms with Gasteiger partial charge in [0.25, 0.3) is 0 Å². The molecule has 1 aliphatic heterocycles. The largest absolute Gasteiger partial charge is 0.420 e. The second-order valence-corrected chi connectivity index (χ2v) is 4.70. The Morgan fingerprint density at radius 2 is 2.21 bits per heavy atom. The highest BCUT2D eigenvalue weighted by atomic mass is 16.4. The summed E-state index contributed by atoms with van der Waals surface area (Å²) in [5.74, 6) is -0.709. The van der Waals surface area contributed by atoms with Crippen molar-refractivity contribution in [2.75, 3.05) is 13.1 Å². The lowest BCUT2D eigenvalue weighted by atomic mass is 10.3. The van der Waals surface area contributed by atoms with Gasteiger partial charge in [-0.05, 0) is 18.6 Å². The second kappa shape index (κ2) is 4.55. The van der Waals surface area contributed by atoms with Crippen molar-refractivity contribution in [2.45, 2.75) is 19.1 Å². The summed E-state index contributed by atoms with van der Waals surface area (Å²) in [7, 11) is 0. The van der Waals surface area contributed by atoms with Crippen molar-refractivity contribution in [2.24, 2.45) is 0 Å². The van der Waals surface area contributed by atoms with Gasteiger partial charge in [-0.1, -0.05) is 12.1 Å². The topological polar surface area (TPSA) is 75.7 Å². The molecule has 0 aliphatic carbocycles. The minimum absolute atomic E-state index is 0.0530. The van der Waals surface area contributed by atoms with E-state index in [0.29, 0.717) is 30.6 Å². The Kier molecular flexibility index (Phi) is 2.87. The van der Waals surface area contributed by atoms with Gasteiger partial charge in [-0.15, -0.1) is 0 Å². The molecule has 1 amide bonds. The summed E-state index contributed by atoms with van der Waals surface area (Å²) in [6, 6.07) is 7.00. The number of rotatable bonds is 2. The van der Waals surface area contributed by atoms with Crippen LogP contribution in [0.1, 0.15) is 6.42 Å². The number of oxazole rings is 1. The summed E-state index contributed by atoms with van der Waals surface area (Å²) in [6.45, 7) is 0.816. The van der Waals surface area contributed by atoms with Gasteiger partial charge in [-0.2, -0.15) is 0 Å². The average Bonchev–Trinajstić information content (AvgIpc) is 2.95. The molecule has 19 heavy (non-hydrogen) atoms. The number of carbonyl (C=O) groups is 1. The fourth-order valence-electron chi connectivity index (χ4n) is 2.37. The molecule has 1 fully saturated rings. The molecule has 6 heteroatoms. The molecule has 3 rings (SSSR count). The number of benzene rings is 1. The molecule has 0 spiro atoms. The molecule has 1 aliphatic rings. The number of aromatic nitrogens is 1. The van der Waals surface area contributed by atoms with Crippen LogP contribution < -0.4 is 5.76 Å². The van der Waals surface area contributed by atoms with Gasteiger partial charge >= 0.3 is 5.76 Å². The van der Waals surface area contributed by atoms with Crippen LogP contribution in [0.3, 0.4) is 0 Å². The number of β-amino-alcohol motifs (C(OH)–C–C–N with tert-alkyl or cyclic N) is 1. The fourth-order valence-corrected chi connectivity index (χ4v) is 2.37. The Hall–Kier alpha value is -2.08. The molecule has 1 atom stereocenters. The highest BCUT2D eigenvalue weighted by molar-refractivity contribution is 5.79. The number of aliphatic hydroxyl groups is 1. The first-order valence-electron chi connectivity index (χ1n) is 6.19. The lowest BCUT2D eigenvalue weighted by molar-refractivity contribution is -0.131. The number of hydrogen-bond acceptors (Lipinski definition) is 4. The summed E-state index contributed by atoms with van der Waals surface area (Å²) in [5, 5.41) is 9.42. The maximum atomic E-state index is 12.1. The van der Waals surface area contributed by atoms with Crippen LogP contribution >= 0.6 is 0 Å². The number of para-hydroxylation sites is 2. The highest BCUT2D eigenvalue weighted by Gasteiger charge is 2.25. The first-order chi connectivity index (χ1) is 9.15. The zero-order valence-corrected chi connectivity index (χ0v) is 10.3. The third kappa shape index (κ3) is 2.15. The molecule has 0 radical (unpaired) electrons. The number of hydrogen-bond donors (Lipinski definition) is 1. The normalized spacial score (nSPS) is 19.2. The van der Waals surface area contributed by atoms with Crippen LogP contribution in [0.2, 0.25) is 0 Å². The molecular weight excluding hydrogens is 248 g/mol. The first kappa shape index (κ1) is 12.0. The second-order valence-electron chi connectivity index (χ2n) is 4.70. The quantitative estimate of drug-likeness (QED) is 0.838. The fraction of sp³-hybridized carbons (Fsp3) is 0.385. The minimum Gasteiger partial charge on any atom is -0.408 e. The number of carbonyl (C=O) groups excluding carboxylic acids is 1. The van der Waals surface area contributed by atoms with E-state index in [1.54, 1.807) is 29.2 Å². The van der Waals surface area contributed by atoms with E-state index in [1.165, 1.54) is 4.57 Å². The zero-order chi connectivity index (χ0) is 13.4. The van der Waals surface area contributed by atoms with Crippen molar-refractivity contribution < 1.29 is 14.3 Å². The summed E-state index contributed by atoms with van der Waals surface area (Å²) in [5.41, 5.74) is 1.09. The van der Waals surface area contributed by atoms with Crippen molar-refractivity contribution in [3.05, 3.63) is 34.8 Å². The number of likely N-dealkylation sites (tertiary alicyclic amines) is 1. The Labute approximate surface area is 108 Å². The predicted octanol–water partition coefficient (Wildman–Crippen LogP) is 0.188. The van der Waals surface area contributed by atoms with Crippen LogP contribution in [0, 0.1) is 0 Å². The first-order valence-corrected chi connectivity index (χ1v) is 6.19. The molecular formula is C13H14N2O4. The number of fused-ring (bicyclic) bond motifs is 1. The maximum Gasteiger partial charge on any atom is 0.420 e. The van der Waals surface area contributed by atoms with Crippen molar-refractivity contribution in [1.82, 2.24) is 9.47 Å². The van der Waals surface area contributed by atoms with Gasteiger partial charge in [-0.25, -0.2) is 4.79 Å². The van der Waals surface area contributed by atoms with Gasteiger partial charge in [0.1, 0.15) is 6.54 Å². The SMILES string of the molecule is O=C(Cn1c(=O)oc2ccccc21)N1CCC(O)C1. The van der Waals surface area contributed by atoms with E-state index in [0.717, 1.165) is 0 Å². The van der Waals surface area contributed by atoms with Crippen molar-refractivity contribution in [1.29, 1.82) is 0 Å². The standard InChI is InChI=1S/C13H14N2O4/c16-9-5-6-14(7-9)12(17)8-15-10-3-1-2-4-11(10)19-13(15)18/h1-4,9,16H,5-8H2. The highest BCUT2D eigenvalue weighted by Crippen LogP contribution is 2.13. The van der Waals surface area contributed by atoms with Gasteiger partial charge in [0.05, 0.1) is 11.6 Å². The lowest BCUT2D eigenvalue weighted by Gasteiger charge is -2.15. The van der Waals surface area contributed by atoms with Crippen molar-refractivity contribution in [3.8, 4) is 0 Å². The van der Waals surface area contributed by atoms with E-state index in [-0.39, 0.29) is 12.5 Å². The number of amides is 1. The monoisotopic (exact) mass is 262 g/mol. The van der Waals surface area contributed by atoms with Crippen LogP contribution in [0.15, 0.2) is 33.5 Å². The van der Waals surface area contributed by atoms with Crippen LogP contribution in [-0.2, 0) is 11.3 Å². The molecule has 1 aromatic carbocycles. The third-order valence-electron chi connectivity index (χ3n) is 3.38. The molecule has 1 aromatic heterocycles. The molecule has 100 valence electrons.